The number of sulfonamides is 1. The van der Waals surface area contributed by atoms with Gasteiger partial charge in [-0.15, -0.1) is 11.3 Å². The number of benzene rings is 1. The van der Waals surface area contributed by atoms with Crippen LogP contribution in [0.4, 0.5) is 0 Å². The fourth-order valence-corrected chi connectivity index (χ4v) is 3.98. The molecule has 0 radical (unpaired) electrons. The van der Waals surface area contributed by atoms with Crippen molar-refractivity contribution >= 4 is 27.3 Å². The Morgan fingerprint density at radius 2 is 1.86 bits per heavy atom. The topological polar surface area (TPSA) is 74.7 Å². The molecule has 1 aromatic carbocycles. The molecular formula is C14H15NO4S2. The van der Waals surface area contributed by atoms with Gasteiger partial charge in [0.05, 0.1) is 10.5 Å². The molecule has 1 aromatic heterocycles. The number of thiophene rings is 1. The van der Waals surface area contributed by atoms with Crippen LogP contribution < -0.4 is 0 Å². The second kappa shape index (κ2) is 5.97. The van der Waals surface area contributed by atoms with Crippen molar-refractivity contribution in [3.63, 3.8) is 0 Å². The number of aryl methyl sites for hydroxylation is 1. The first-order chi connectivity index (χ1) is 9.82. The lowest BCUT2D eigenvalue weighted by Gasteiger charge is -2.17. The summed E-state index contributed by atoms with van der Waals surface area (Å²) in [6, 6.07) is 7.16. The molecule has 0 unspecified atom stereocenters. The van der Waals surface area contributed by atoms with E-state index in [1.807, 2.05) is 18.4 Å². The van der Waals surface area contributed by atoms with Crippen molar-refractivity contribution in [3.8, 4) is 0 Å². The smallest absolute Gasteiger partial charge is 0.335 e. The third-order valence-corrected chi connectivity index (χ3v) is 5.97. The molecule has 5 nitrogen and oxygen atoms in total. The van der Waals surface area contributed by atoms with Gasteiger partial charge in [-0.3, -0.25) is 0 Å². The molecule has 0 saturated heterocycles. The third kappa shape index (κ3) is 3.31. The molecule has 7 heteroatoms. The summed E-state index contributed by atoms with van der Waals surface area (Å²) in [5.41, 5.74) is 1.12. The van der Waals surface area contributed by atoms with Crippen LogP contribution in [0, 0.1) is 6.92 Å². The first kappa shape index (κ1) is 15.7. The maximum Gasteiger partial charge on any atom is 0.335 e. The molecule has 2 rings (SSSR count). The average molecular weight is 325 g/mol. The Bertz CT molecular complexity index is 748. The minimum Gasteiger partial charge on any atom is -0.478 e. The summed E-state index contributed by atoms with van der Waals surface area (Å²) in [6.45, 7) is 2.24. The summed E-state index contributed by atoms with van der Waals surface area (Å²) in [7, 11) is -2.11. The van der Waals surface area contributed by atoms with E-state index in [-0.39, 0.29) is 10.5 Å². The van der Waals surface area contributed by atoms with E-state index in [9.17, 15) is 13.2 Å². The molecule has 0 spiro atoms. The Labute approximate surface area is 127 Å². The number of carbonyl (C=O) groups is 1. The summed E-state index contributed by atoms with van der Waals surface area (Å²) < 4.78 is 26.1. The van der Waals surface area contributed by atoms with Crippen molar-refractivity contribution in [2.75, 3.05) is 7.05 Å². The predicted octanol–water partition coefficient (Wildman–Crippen LogP) is 2.58. The highest BCUT2D eigenvalue weighted by Crippen LogP contribution is 2.22. The molecule has 0 saturated carbocycles. The minimum atomic E-state index is -3.63. The first-order valence-corrected chi connectivity index (χ1v) is 8.47. The highest BCUT2D eigenvalue weighted by molar-refractivity contribution is 7.89. The molecule has 1 N–H and O–H groups in total. The molecule has 2 aromatic rings. The molecule has 0 amide bonds. The average Bonchev–Trinajstić information content (AvgIpc) is 2.84. The molecule has 0 fully saturated rings. The number of carboxylic acids is 1. The zero-order valence-corrected chi connectivity index (χ0v) is 13.2. The fraction of sp³-hybridized carbons (Fsp3) is 0.214. The van der Waals surface area contributed by atoms with Crippen LogP contribution >= 0.6 is 11.3 Å². The molecule has 0 aliphatic carbocycles. The summed E-state index contributed by atoms with van der Waals surface area (Å²) in [6.07, 6.45) is 0. The molecule has 0 aliphatic rings. The predicted molar refractivity (Wildman–Crippen MR) is 81.1 cm³/mol. The molecular weight excluding hydrogens is 310 g/mol. The van der Waals surface area contributed by atoms with Gasteiger partial charge >= 0.3 is 5.97 Å². The zero-order chi connectivity index (χ0) is 15.6. The Hall–Kier alpha value is -1.70. The largest absolute Gasteiger partial charge is 0.478 e. The van der Waals surface area contributed by atoms with Gasteiger partial charge in [-0.05, 0) is 48.2 Å². The highest BCUT2D eigenvalue weighted by Gasteiger charge is 2.22. The monoisotopic (exact) mass is 325 g/mol. The van der Waals surface area contributed by atoms with Gasteiger partial charge in [0, 0.05) is 18.5 Å². The van der Waals surface area contributed by atoms with E-state index in [1.54, 1.807) is 0 Å². The van der Waals surface area contributed by atoms with Crippen molar-refractivity contribution in [3.05, 3.63) is 51.7 Å². The second-order valence-electron chi connectivity index (χ2n) is 4.62. The number of nitrogens with zero attached hydrogens (tertiary/aromatic N) is 1. The van der Waals surface area contributed by atoms with Gasteiger partial charge in [-0.25, -0.2) is 13.2 Å². The highest BCUT2D eigenvalue weighted by atomic mass is 32.2. The quantitative estimate of drug-likeness (QED) is 0.917. The first-order valence-electron chi connectivity index (χ1n) is 6.15. The van der Waals surface area contributed by atoms with E-state index >= 15 is 0 Å². The number of hydrogen-bond acceptors (Lipinski definition) is 4. The van der Waals surface area contributed by atoms with E-state index in [2.05, 4.69) is 0 Å². The maximum atomic E-state index is 12.4. The SMILES string of the molecule is Cc1ccsc1CN(C)S(=O)(=O)c1ccc(C(=O)O)cc1. The van der Waals surface area contributed by atoms with Crippen molar-refractivity contribution in [1.82, 2.24) is 4.31 Å². The van der Waals surface area contributed by atoms with Gasteiger partial charge in [-0.1, -0.05) is 0 Å². The molecule has 21 heavy (non-hydrogen) atoms. The van der Waals surface area contributed by atoms with E-state index in [0.717, 1.165) is 10.4 Å². The van der Waals surface area contributed by atoms with E-state index < -0.39 is 16.0 Å². The molecule has 112 valence electrons. The maximum absolute atomic E-state index is 12.4. The van der Waals surface area contributed by atoms with Gasteiger partial charge in [0.15, 0.2) is 0 Å². The van der Waals surface area contributed by atoms with Gasteiger partial charge < -0.3 is 5.11 Å². The van der Waals surface area contributed by atoms with Gasteiger partial charge in [-0.2, -0.15) is 4.31 Å². The summed E-state index contributed by atoms with van der Waals surface area (Å²) >= 11 is 1.51. The van der Waals surface area contributed by atoms with Crippen LogP contribution in [0.1, 0.15) is 20.8 Å². The normalized spacial score (nSPS) is 11.8. The van der Waals surface area contributed by atoms with Crippen LogP contribution in [0.3, 0.4) is 0 Å². The second-order valence-corrected chi connectivity index (χ2v) is 7.66. The summed E-state index contributed by atoms with van der Waals surface area (Å²) in [5, 5.41) is 10.8. The van der Waals surface area contributed by atoms with Crippen LogP contribution in [0.15, 0.2) is 40.6 Å². The summed E-state index contributed by atoms with van der Waals surface area (Å²) in [5.74, 6) is -1.08. The minimum absolute atomic E-state index is 0.0608. The van der Waals surface area contributed by atoms with E-state index in [0.29, 0.717) is 6.54 Å². The van der Waals surface area contributed by atoms with Crippen LogP contribution in [-0.4, -0.2) is 30.8 Å². The van der Waals surface area contributed by atoms with Crippen molar-refractivity contribution in [1.29, 1.82) is 0 Å². The van der Waals surface area contributed by atoms with Crippen LogP contribution in [-0.2, 0) is 16.6 Å². The zero-order valence-electron chi connectivity index (χ0n) is 11.6. The molecule has 0 bridgehead atoms. The van der Waals surface area contributed by atoms with Crippen LogP contribution in [0.25, 0.3) is 0 Å². The number of aromatic carboxylic acids is 1. The van der Waals surface area contributed by atoms with E-state index in [4.69, 9.17) is 5.11 Å². The number of rotatable bonds is 5. The lowest BCUT2D eigenvalue weighted by atomic mass is 10.2. The third-order valence-electron chi connectivity index (χ3n) is 3.14. The fourth-order valence-electron chi connectivity index (χ4n) is 1.80. The van der Waals surface area contributed by atoms with Crippen molar-refractivity contribution in [2.45, 2.75) is 18.4 Å². The lowest BCUT2D eigenvalue weighted by Crippen LogP contribution is -2.26. The Morgan fingerprint density at radius 3 is 2.33 bits per heavy atom. The van der Waals surface area contributed by atoms with Crippen molar-refractivity contribution in [2.24, 2.45) is 0 Å². The lowest BCUT2D eigenvalue weighted by molar-refractivity contribution is 0.0696. The molecule has 0 aliphatic heterocycles. The Balaban J connectivity index is 2.24. The Morgan fingerprint density at radius 1 is 1.24 bits per heavy atom. The van der Waals surface area contributed by atoms with Gasteiger partial charge in [0.2, 0.25) is 10.0 Å². The van der Waals surface area contributed by atoms with E-state index in [1.165, 1.54) is 47.0 Å². The number of carboxylic acid groups (broad SMARTS) is 1. The molecule has 1 heterocycles. The standard InChI is InChI=1S/C14H15NO4S2/c1-10-7-8-20-13(10)9-15(2)21(18,19)12-5-3-11(4-6-12)14(16)17/h3-8H,9H2,1-2H3,(H,16,17). The summed E-state index contributed by atoms with van der Waals surface area (Å²) in [4.78, 5) is 11.9. The number of hydrogen-bond donors (Lipinski definition) is 1. The van der Waals surface area contributed by atoms with Crippen molar-refractivity contribution < 1.29 is 18.3 Å². The van der Waals surface area contributed by atoms with Gasteiger partial charge in [0.1, 0.15) is 0 Å². The Kier molecular flexibility index (Phi) is 4.46. The van der Waals surface area contributed by atoms with Crippen LogP contribution in [0.2, 0.25) is 0 Å². The van der Waals surface area contributed by atoms with Gasteiger partial charge in [0.25, 0.3) is 0 Å². The van der Waals surface area contributed by atoms with Crippen LogP contribution in [0.5, 0.6) is 0 Å². The molecule has 0 atom stereocenters.